The van der Waals surface area contributed by atoms with Gasteiger partial charge in [-0.1, -0.05) is 26.8 Å². The van der Waals surface area contributed by atoms with Gasteiger partial charge in [0.05, 0.1) is 11.8 Å². The van der Waals surface area contributed by atoms with Crippen molar-refractivity contribution in [2.45, 2.75) is 34.1 Å². The van der Waals surface area contributed by atoms with E-state index in [0.29, 0.717) is 17.8 Å². The zero-order valence-electron chi connectivity index (χ0n) is 13.8. The van der Waals surface area contributed by atoms with E-state index in [1.807, 2.05) is 27.7 Å². The fourth-order valence-electron chi connectivity index (χ4n) is 2.14. The van der Waals surface area contributed by atoms with Crippen LogP contribution >= 0.6 is 0 Å². The number of hydrogen-bond acceptors (Lipinski definition) is 3. The smallest absolute Gasteiger partial charge is 0.307 e. The van der Waals surface area contributed by atoms with Gasteiger partial charge >= 0.3 is 5.97 Å². The number of aliphatic carboxylic acids is 1. The molecule has 2 amide bonds. The van der Waals surface area contributed by atoms with Gasteiger partial charge in [-0.3, -0.25) is 14.4 Å². The van der Waals surface area contributed by atoms with Crippen LogP contribution in [0.2, 0.25) is 0 Å². The number of hydrogen-bond donors (Lipinski definition) is 3. The summed E-state index contributed by atoms with van der Waals surface area (Å²) in [7, 11) is 0. The third-order valence-electron chi connectivity index (χ3n) is 3.88. The Balaban J connectivity index is 2.07. The number of nitrogens with one attached hydrogen (secondary N) is 2. The molecule has 6 heteroatoms. The quantitative estimate of drug-likeness (QED) is 0.795. The van der Waals surface area contributed by atoms with Crippen LogP contribution in [0.5, 0.6) is 0 Å². The van der Waals surface area contributed by atoms with E-state index in [1.165, 1.54) is 0 Å². The summed E-state index contributed by atoms with van der Waals surface area (Å²) in [6.45, 7) is 7.33. The van der Waals surface area contributed by atoms with E-state index in [0.717, 1.165) is 5.56 Å². The first-order valence-corrected chi connectivity index (χ1v) is 7.55. The molecule has 0 spiro atoms. The van der Waals surface area contributed by atoms with Crippen LogP contribution in [-0.2, 0) is 14.4 Å². The Labute approximate surface area is 135 Å². The van der Waals surface area contributed by atoms with E-state index >= 15 is 0 Å². The van der Waals surface area contributed by atoms with Gasteiger partial charge < -0.3 is 15.7 Å². The van der Waals surface area contributed by atoms with Crippen LogP contribution in [0.1, 0.15) is 32.8 Å². The fraction of sp³-hybridized carbons (Fsp3) is 0.471. The summed E-state index contributed by atoms with van der Waals surface area (Å²) < 4.78 is 0. The average Bonchev–Trinajstić information content (AvgIpc) is 3.22. The molecule has 1 aliphatic rings. The number of anilines is 2. The van der Waals surface area contributed by atoms with Gasteiger partial charge in [0, 0.05) is 16.8 Å². The molecule has 0 unspecified atom stereocenters. The molecule has 23 heavy (non-hydrogen) atoms. The lowest BCUT2D eigenvalue weighted by Gasteiger charge is -2.19. The number of amides is 2. The van der Waals surface area contributed by atoms with Crippen LogP contribution in [0.25, 0.3) is 0 Å². The number of benzene rings is 1. The molecule has 1 saturated carbocycles. The molecule has 0 saturated heterocycles. The molecule has 0 aromatic heterocycles. The Morgan fingerprint density at radius 2 is 1.78 bits per heavy atom. The molecule has 0 bridgehead atoms. The van der Waals surface area contributed by atoms with Crippen molar-refractivity contribution in [2.24, 2.45) is 17.3 Å². The van der Waals surface area contributed by atoms with E-state index in [4.69, 9.17) is 5.11 Å². The molecule has 1 aliphatic carbocycles. The van der Waals surface area contributed by atoms with Crippen molar-refractivity contribution < 1.29 is 19.5 Å². The topological polar surface area (TPSA) is 95.5 Å². The molecule has 6 nitrogen and oxygen atoms in total. The molecule has 124 valence electrons. The maximum absolute atomic E-state index is 12.1. The lowest BCUT2D eigenvalue weighted by molar-refractivity contribution is -0.139. The molecule has 1 fully saturated rings. The molecule has 1 aromatic carbocycles. The predicted octanol–water partition coefficient (Wildman–Crippen LogP) is 2.64. The summed E-state index contributed by atoms with van der Waals surface area (Å²) >= 11 is 0. The van der Waals surface area contributed by atoms with Crippen LogP contribution in [0.15, 0.2) is 18.2 Å². The normalized spacial score (nSPS) is 19.8. The van der Waals surface area contributed by atoms with E-state index in [2.05, 4.69) is 10.6 Å². The number of rotatable bonds is 4. The second kappa shape index (κ2) is 6.02. The van der Waals surface area contributed by atoms with Crippen LogP contribution in [0.3, 0.4) is 0 Å². The summed E-state index contributed by atoms with van der Waals surface area (Å²) in [6, 6.07) is 5.22. The highest BCUT2D eigenvalue weighted by atomic mass is 16.4. The van der Waals surface area contributed by atoms with Crippen LogP contribution in [-0.4, -0.2) is 22.9 Å². The van der Waals surface area contributed by atoms with Gasteiger partial charge in [0.1, 0.15) is 0 Å². The number of carboxylic acid groups (broad SMARTS) is 1. The van der Waals surface area contributed by atoms with Crippen molar-refractivity contribution in [1.29, 1.82) is 0 Å². The van der Waals surface area contributed by atoms with Gasteiger partial charge in [-0.2, -0.15) is 0 Å². The van der Waals surface area contributed by atoms with Crippen LogP contribution in [0.4, 0.5) is 11.4 Å². The number of carbonyl (C=O) groups excluding carboxylic acids is 2. The van der Waals surface area contributed by atoms with E-state index in [-0.39, 0.29) is 11.8 Å². The monoisotopic (exact) mass is 318 g/mol. The molecule has 0 radical (unpaired) electrons. The Kier molecular flexibility index (Phi) is 4.45. The molecular formula is C17H22N2O4. The number of carbonyl (C=O) groups is 3. The molecule has 0 aliphatic heterocycles. The highest BCUT2D eigenvalue weighted by Crippen LogP contribution is 2.39. The van der Waals surface area contributed by atoms with Gasteiger partial charge in [-0.25, -0.2) is 0 Å². The van der Waals surface area contributed by atoms with Crippen LogP contribution in [0, 0.1) is 24.2 Å². The standard InChI is InChI=1S/C17H22N2O4/c1-9-5-6-10(7-13(9)19-16(23)17(2,3)4)18-14(20)11-8-12(11)15(21)22/h5-7,11-12H,8H2,1-4H3,(H,18,20)(H,19,23)(H,21,22)/t11-,12-/m1/s1. The van der Waals surface area contributed by atoms with E-state index in [1.54, 1.807) is 18.2 Å². The van der Waals surface area contributed by atoms with Crippen molar-refractivity contribution in [1.82, 2.24) is 0 Å². The van der Waals surface area contributed by atoms with Crippen molar-refractivity contribution in [3.8, 4) is 0 Å². The predicted molar refractivity (Wildman–Crippen MR) is 87.1 cm³/mol. The molecular weight excluding hydrogens is 296 g/mol. The van der Waals surface area contributed by atoms with Gasteiger partial charge in [0.25, 0.3) is 0 Å². The number of carboxylic acids is 1. The Morgan fingerprint density at radius 1 is 1.13 bits per heavy atom. The van der Waals surface area contributed by atoms with Crippen molar-refractivity contribution in [2.75, 3.05) is 10.6 Å². The van der Waals surface area contributed by atoms with Gasteiger partial charge in [-0.15, -0.1) is 0 Å². The van der Waals surface area contributed by atoms with Crippen molar-refractivity contribution in [3.05, 3.63) is 23.8 Å². The van der Waals surface area contributed by atoms with Gasteiger partial charge in [-0.05, 0) is 31.0 Å². The minimum atomic E-state index is -0.938. The van der Waals surface area contributed by atoms with Crippen molar-refractivity contribution in [3.63, 3.8) is 0 Å². The molecule has 2 atom stereocenters. The van der Waals surface area contributed by atoms with E-state index in [9.17, 15) is 14.4 Å². The fourth-order valence-corrected chi connectivity index (χ4v) is 2.14. The highest BCUT2D eigenvalue weighted by Gasteiger charge is 2.48. The first kappa shape index (κ1) is 17.0. The molecule has 2 rings (SSSR count). The number of aryl methyl sites for hydroxylation is 1. The average molecular weight is 318 g/mol. The first-order valence-electron chi connectivity index (χ1n) is 7.55. The molecule has 0 heterocycles. The largest absolute Gasteiger partial charge is 0.481 e. The molecule has 3 N–H and O–H groups in total. The molecule has 1 aromatic rings. The minimum Gasteiger partial charge on any atom is -0.481 e. The lowest BCUT2D eigenvalue weighted by atomic mass is 9.95. The zero-order valence-corrected chi connectivity index (χ0v) is 13.8. The van der Waals surface area contributed by atoms with E-state index < -0.39 is 23.2 Å². The second-order valence-electron chi connectivity index (χ2n) is 7.01. The maximum atomic E-state index is 12.1. The minimum absolute atomic E-state index is 0.114. The van der Waals surface area contributed by atoms with Gasteiger partial charge in [0.15, 0.2) is 0 Å². The summed E-state index contributed by atoms with van der Waals surface area (Å²) in [5, 5.41) is 14.4. The summed E-state index contributed by atoms with van der Waals surface area (Å²) in [5.41, 5.74) is 1.54. The maximum Gasteiger partial charge on any atom is 0.307 e. The summed E-state index contributed by atoms with van der Waals surface area (Å²) in [6.07, 6.45) is 0.376. The van der Waals surface area contributed by atoms with Gasteiger partial charge in [0.2, 0.25) is 11.8 Å². The third-order valence-corrected chi connectivity index (χ3v) is 3.88. The SMILES string of the molecule is Cc1ccc(NC(=O)[C@@H]2C[C@H]2C(=O)O)cc1NC(=O)C(C)(C)C. The summed E-state index contributed by atoms with van der Waals surface area (Å²) in [4.78, 5) is 34.9. The first-order chi connectivity index (χ1) is 10.6. The summed E-state index contributed by atoms with van der Waals surface area (Å²) in [5.74, 6) is -2.40. The third kappa shape index (κ3) is 4.09. The van der Waals surface area contributed by atoms with Crippen molar-refractivity contribution >= 4 is 29.2 Å². The van der Waals surface area contributed by atoms with Crippen LogP contribution < -0.4 is 10.6 Å². The second-order valence-corrected chi connectivity index (χ2v) is 7.01. The zero-order chi connectivity index (χ0) is 17.4. The highest BCUT2D eigenvalue weighted by molar-refractivity contribution is 6.00. The Morgan fingerprint density at radius 3 is 2.30 bits per heavy atom. The Hall–Kier alpha value is -2.37. The Bertz CT molecular complexity index is 661. The lowest BCUT2D eigenvalue weighted by Crippen LogP contribution is -2.28.